The van der Waals surface area contributed by atoms with Crippen molar-refractivity contribution in [3.63, 3.8) is 0 Å². The average Bonchev–Trinajstić information content (AvgIpc) is 2.50. The molecule has 0 fully saturated rings. The number of nitrogens with two attached hydrogens (primary N) is 1. The second kappa shape index (κ2) is 8.03. The van der Waals surface area contributed by atoms with Crippen LogP contribution in [0.3, 0.4) is 0 Å². The molecule has 21 heavy (non-hydrogen) atoms. The summed E-state index contributed by atoms with van der Waals surface area (Å²) in [6.07, 6.45) is 1.89. The van der Waals surface area contributed by atoms with Crippen molar-refractivity contribution < 1.29 is 9.53 Å². The molecule has 1 aromatic carbocycles. The number of nitrogens with zero attached hydrogens (tertiary/aromatic N) is 1. The van der Waals surface area contributed by atoms with Crippen molar-refractivity contribution in [2.75, 3.05) is 26.7 Å². The molecule has 0 unspecified atom stereocenters. The molecule has 0 saturated heterocycles. The van der Waals surface area contributed by atoms with Gasteiger partial charge in [-0.3, -0.25) is 4.79 Å². The fourth-order valence-corrected chi connectivity index (χ4v) is 1.91. The van der Waals surface area contributed by atoms with E-state index in [-0.39, 0.29) is 17.9 Å². The molecule has 0 aliphatic heterocycles. The second-order valence-corrected chi connectivity index (χ2v) is 6.01. The zero-order valence-electron chi connectivity index (χ0n) is 13.7. The molecule has 1 aromatic rings. The molecular formula is C17H28N2O2. The quantitative estimate of drug-likeness (QED) is 0.801. The molecule has 4 heteroatoms. The first kappa shape index (κ1) is 17.5. The molecule has 0 aromatic heterocycles. The third-order valence-corrected chi connectivity index (χ3v) is 4.01. The van der Waals surface area contributed by atoms with E-state index in [0.717, 1.165) is 18.6 Å². The van der Waals surface area contributed by atoms with E-state index in [2.05, 4.69) is 32.9 Å². The Morgan fingerprint density at radius 1 is 1.29 bits per heavy atom. The van der Waals surface area contributed by atoms with Gasteiger partial charge in [-0.05, 0) is 42.5 Å². The summed E-state index contributed by atoms with van der Waals surface area (Å²) in [5.41, 5.74) is 6.88. The van der Waals surface area contributed by atoms with Crippen LogP contribution in [-0.4, -0.2) is 37.6 Å². The molecule has 4 nitrogen and oxygen atoms in total. The summed E-state index contributed by atoms with van der Waals surface area (Å²) in [7, 11) is 1.77. The highest BCUT2D eigenvalue weighted by Crippen LogP contribution is 2.27. The van der Waals surface area contributed by atoms with Gasteiger partial charge in [-0.15, -0.1) is 0 Å². The van der Waals surface area contributed by atoms with Crippen molar-refractivity contribution in [1.29, 1.82) is 0 Å². The van der Waals surface area contributed by atoms with Crippen LogP contribution in [-0.2, 0) is 10.2 Å². The maximum atomic E-state index is 11.9. The van der Waals surface area contributed by atoms with Crippen molar-refractivity contribution in [3.8, 4) is 5.75 Å². The number of carbonyl (C=O) groups excluding carboxylic acids is 1. The Kier molecular flexibility index (Phi) is 6.69. The SMILES string of the molecule is CCC(C)(C)c1ccc(OCC(=O)N(C)CCCN)cc1. The van der Waals surface area contributed by atoms with Crippen LogP contribution in [0.15, 0.2) is 24.3 Å². The van der Waals surface area contributed by atoms with Crippen LogP contribution < -0.4 is 10.5 Å². The lowest BCUT2D eigenvalue weighted by Gasteiger charge is -2.23. The Labute approximate surface area is 128 Å². The normalized spacial score (nSPS) is 11.3. The summed E-state index contributed by atoms with van der Waals surface area (Å²) in [5, 5.41) is 0. The largest absolute Gasteiger partial charge is 0.484 e. The van der Waals surface area contributed by atoms with E-state index in [1.165, 1.54) is 5.56 Å². The van der Waals surface area contributed by atoms with Gasteiger partial charge in [0.1, 0.15) is 5.75 Å². The molecule has 0 bridgehead atoms. The Hall–Kier alpha value is -1.55. The van der Waals surface area contributed by atoms with Crippen LogP contribution in [0.2, 0.25) is 0 Å². The molecule has 0 atom stereocenters. The molecule has 2 N–H and O–H groups in total. The molecule has 118 valence electrons. The number of hydrogen-bond donors (Lipinski definition) is 1. The Morgan fingerprint density at radius 2 is 1.90 bits per heavy atom. The zero-order valence-corrected chi connectivity index (χ0v) is 13.7. The predicted octanol–water partition coefficient (Wildman–Crippen LogP) is 2.56. The number of likely N-dealkylation sites (N-methyl/N-ethyl adjacent to an activating group) is 1. The number of carbonyl (C=O) groups is 1. The standard InChI is InChI=1S/C17H28N2O2/c1-5-17(2,3)14-7-9-15(10-8-14)21-13-16(20)19(4)12-6-11-18/h7-10H,5-6,11-13,18H2,1-4H3. The second-order valence-electron chi connectivity index (χ2n) is 6.01. The number of ether oxygens (including phenoxy) is 1. The first-order chi connectivity index (χ1) is 9.90. The number of amides is 1. The van der Waals surface area contributed by atoms with Crippen LogP contribution >= 0.6 is 0 Å². The van der Waals surface area contributed by atoms with E-state index in [9.17, 15) is 4.79 Å². The van der Waals surface area contributed by atoms with Gasteiger partial charge in [0, 0.05) is 13.6 Å². The van der Waals surface area contributed by atoms with Crippen molar-refractivity contribution in [1.82, 2.24) is 4.90 Å². The van der Waals surface area contributed by atoms with Gasteiger partial charge in [0.25, 0.3) is 5.91 Å². The first-order valence-electron chi connectivity index (χ1n) is 7.58. The van der Waals surface area contributed by atoms with Gasteiger partial charge in [-0.1, -0.05) is 32.9 Å². The van der Waals surface area contributed by atoms with Crippen molar-refractivity contribution in [3.05, 3.63) is 29.8 Å². The van der Waals surface area contributed by atoms with Crippen molar-refractivity contribution in [2.45, 2.75) is 39.0 Å². The molecule has 0 heterocycles. The van der Waals surface area contributed by atoms with Gasteiger partial charge in [-0.25, -0.2) is 0 Å². The number of benzene rings is 1. The molecule has 0 aliphatic carbocycles. The summed E-state index contributed by atoms with van der Waals surface area (Å²) in [5.74, 6) is 0.702. The van der Waals surface area contributed by atoms with E-state index >= 15 is 0 Å². The van der Waals surface area contributed by atoms with E-state index in [1.54, 1.807) is 11.9 Å². The predicted molar refractivity (Wildman–Crippen MR) is 86.6 cm³/mol. The highest BCUT2D eigenvalue weighted by molar-refractivity contribution is 5.77. The highest BCUT2D eigenvalue weighted by Gasteiger charge is 2.17. The number of rotatable bonds is 8. The summed E-state index contributed by atoms with van der Waals surface area (Å²) in [4.78, 5) is 13.5. The van der Waals surface area contributed by atoms with E-state index in [0.29, 0.717) is 13.1 Å². The van der Waals surface area contributed by atoms with Crippen LogP contribution in [0.4, 0.5) is 0 Å². The van der Waals surface area contributed by atoms with Crippen molar-refractivity contribution >= 4 is 5.91 Å². The molecule has 1 rings (SSSR count). The van der Waals surface area contributed by atoms with E-state index in [1.807, 2.05) is 12.1 Å². The minimum Gasteiger partial charge on any atom is -0.484 e. The van der Waals surface area contributed by atoms with Gasteiger partial charge in [0.15, 0.2) is 6.61 Å². The van der Waals surface area contributed by atoms with Gasteiger partial charge in [-0.2, -0.15) is 0 Å². The highest BCUT2D eigenvalue weighted by atomic mass is 16.5. The Balaban J connectivity index is 2.51. The van der Waals surface area contributed by atoms with Crippen LogP contribution in [0.25, 0.3) is 0 Å². The third-order valence-electron chi connectivity index (χ3n) is 4.01. The van der Waals surface area contributed by atoms with E-state index < -0.39 is 0 Å². The fraction of sp³-hybridized carbons (Fsp3) is 0.588. The summed E-state index contributed by atoms with van der Waals surface area (Å²) < 4.78 is 5.55. The van der Waals surface area contributed by atoms with Crippen molar-refractivity contribution in [2.24, 2.45) is 5.73 Å². The maximum Gasteiger partial charge on any atom is 0.260 e. The van der Waals surface area contributed by atoms with Crippen LogP contribution in [0.5, 0.6) is 5.75 Å². The Morgan fingerprint density at radius 3 is 2.43 bits per heavy atom. The average molecular weight is 292 g/mol. The fourth-order valence-electron chi connectivity index (χ4n) is 1.91. The minimum atomic E-state index is -0.0265. The molecule has 0 saturated carbocycles. The first-order valence-corrected chi connectivity index (χ1v) is 7.58. The Bertz CT molecular complexity index is 441. The molecule has 1 amide bonds. The summed E-state index contributed by atoms with van der Waals surface area (Å²) in [6.45, 7) is 7.95. The lowest BCUT2D eigenvalue weighted by Crippen LogP contribution is -2.33. The zero-order chi connectivity index (χ0) is 15.9. The van der Waals surface area contributed by atoms with Crippen LogP contribution in [0.1, 0.15) is 39.2 Å². The minimum absolute atomic E-state index is 0.0265. The topological polar surface area (TPSA) is 55.6 Å². The molecule has 0 radical (unpaired) electrons. The van der Waals surface area contributed by atoms with Gasteiger partial charge in [0.2, 0.25) is 0 Å². The summed E-state index contributed by atoms with van der Waals surface area (Å²) >= 11 is 0. The smallest absolute Gasteiger partial charge is 0.260 e. The molecule has 0 spiro atoms. The molecular weight excluding hydrogens is 264 g/mol. The maximum absolute atomic E-state index is 11.9. The van der Waals surface area contributed by atoms with E-state index in [4.69, 9.17) is 10.5 Å². The monoisotopic (exact) mass is 292 g/mol. The van der Waals surface area contributed by atoms with Gasteiger partial charge >= 0.3 is 0 Å². The van der Waals surface area contributed by atoms with Gasteiger partial charge in [0.05, 0.1) is 0 Å². The number of hydrogen-bond acceptors (Lipinski definition) is 3. The van der Waals surface area contributed by atoms with Crippen LogP contribution in [0, 0.1) is 0 Å². The third kappa shape index (κ3) is 5.38. The molecule has 0 aliphatic rings. The lowest BCUT2D eigenvalue weighted by atomic mass is 9.82. The summed E-state index contributed by atoms with van der Waals surface area (Å²) in [6, 6.07) is 8.00. The van der Waals surface area contributed by atoms with Gasteiger partial charge < -0.3 is 15.4 Å². The lowest BCUT2D eigenvalue weighted by molar-refractivity contribution is -0.132.